The van der Waals surface area contributed by atoms with Crippen LogP contribution < -0.4 is 10.1 Å². The van der Waals surface area contributed by atoms with E-state index in [9.17, 15) is 4.79 Å². The zero-order valence-corrected chi connectivity index (χ0v) is 16.5. The topological polar surface area (TPSA) is 69.0 Å². The molecule has 0 aliphatic carbocycles. The normalized spacial score (nSPS) is 10.6. The van der Waals surface area contributed by atoms with Gasteiger partial charge in [-0.1, -0.05) is 29.4 Å². The van der Waals surface area contributed by atoms with Gasteiger partial charge in [-0.25, -0.2) is 0 Å². The summed E-state index contributed by atoms with van der Waals surface area (Å²) in [5.41, 5.74) is 1.60. The maximum Gasteiger partial charge on any atom is 0.234 e. The number of hydrogen-bond acceptors (Lipinski definition) is 5. The van der Waals surface area contributed by atoms with Gasteiger partial charge in [-0.05, 0) is 49.4 Å². The second-order valence-electron chi connectivity index (χ2n) is 5.67. The first kappa shape index (κ1) is 19.3. The Morgan fingerprint density at radius 1 is 1.22 bits per heavy atom. The molecular weight excluding hydrogens is 384 g/mol. The molecule has 1 aromatic heterocycles. The molecule has 0 aliphatic heterocycles. The molecule has 0 atom stereocenters. The lowest BCUT2D eigenvalue weighted by Crippen LogP contribution is -2.14. The fourth-order valence-corrected chi connectivity index (χ4v) is 3.35. The summed E-state index contributed by atoms with van der Waals surface area (Å²) in [6.07, 6.45) is 0. The number of ether oxygens (including phenoxy) is 1. The number of amides is 1. The highest BCUT2D eigenvalue weighted by Gasteiger charge is 2.13. The molecule has 1 N–H and O–H groups in total. The maximum atomic E-state index is 12.1. The minimum Gasteiger partial charge on any atom is -0.494 e. The van der Waals surface area contributed by atoms with E-state index < -0.39 is 0 Å². The Balaban J connectivity index is 1.62. The van der Waals surface area contributed by atoms with E-state index in [1.54, 1.807) is 24.3 Å². The van der Waals surface area contributed by atoms with Crippen molar-refractivity contribution in [2.24, 2.45) is 7.05 Å². The van der Waals surface area contributed by atoms with Gasteiger partial charge in [0.2, 0.25) is 5.91 Å². The number of thioether (sulfide) groups is 1. The number of aromatic nitrogens is 3. The van der Waals surface area contributed by atoms with E-state index in [1.807, 2.05) is 42.8 Å². The summed E-state index contributed by atoms with van der Waals surface area (Å²) >= 11 is 7.25. The van der Waals surface area contributed by atoms with Crippen molar-refractivity contribution in [3.8, 4) is 17.1 Å². The van der Waals surface area contributed by atoms with Crippen LogP contribution in [0.1, 0.15) is 6.92 Å². The molecule has 0 unspecified atom stereocenters. The molecule has 27 heavy (non-hydrogen) atoms. The number of nitrogens with zero attached hydrogens (tertiary/aromatic N) is 3. The molecule has 0 fully saturated rings. The van der Waals surface area contributed by atoms with Crippen molar-refractivity contribution < 1.29 is 9.53 Å². The van der Waals surface area contributed by atoms with Gasteiger partial charge in [-0.2, -0.15) is 0 Å². The van der Waals surface area contributed by atoms with Gasteiger partial charge in [0, 0.05) is 23.3 Å². The van der Waals surface area contributed by atoms with Gasteiger partial charge in [-0.3, -0.25) is 4.79 Å². The van der Waals surface area contributed by atoms with E-state index >= 15 is 0 Å². The number of carbonyl (C=O) groups is 1. The van der Waals surface area contributed by atoms with Gasteiger partial charge in [0.25, 0.3) is 0 Å². The highest BCUT2D eigenvalue weighted by molar-refractivity contribution is 7.99. The predicted octanol–water partition coefficient (Wildman–Crippen LogP) is 4.27. The first-order chi connectivity index (χ1) is 13.1. The summed E-state index contributed by atoms with van der Waals surface area (Å²) in [5.74, 6) is 1.64. The molecule has 0 radical (unpaired) electrons. The van der Waals surface area contributed by atoms with Crippen molar-refractivity contribution in [2.45, 2.75) is 12.1 Å². The van der Waals surface area contributed by atoms with Crippen LogP contribution >= 0.6 is 23.4 Å². The molecule has 0 bridgehead atoms. The monoisotopic (exact) mass is 402 g/mol. The zero-order valence-electron chi connectivity index (χ0n) is 15.0. The van der Waals surface area contributed by atoms with E-state index in [-0.39, 0.29) is 11.7 Å². The molecule has 0 saturated heterocycles. The van der Waals surface area contributed by atoms with Crippen LogP contribution in [0.25, 0.3) is 11.4 Å². The van der Waals surface area contributed by atoms with E-state index in [0.717, 1.165) is 17.1 Å². The van der Waals surface area contributed by atoms with Gasteiger partial charge in [0.05, 0.1) is 12.4 Å². The first-order valence-electron chi connectivity index (χ1n) is 8.37. The van der Waals surface area contributed by atoms with Crippen LogP contribution in [0, 0.1) is 0 Å². The standard InChI is InChI=1S/C19H19ClN4O2S/c1-3-26-16-9-7-13(8-10-16)18-22-23-19(24(18)2)27-12-17(25)21-15-6-4-5-14(20)11-15/h4-11H,3,12H2,1-2H3,(H,21,25). The van der Waals surface area contributed by atoms with E-state index in [4.69, 9.17) is 16.3 Å². The SMILES string of the molecule is CCOc1ccc(-c2nnc(SCC(=O)Nc3cccc(Cl)c3)n2C)cc1. The molecule has 3 rings (SSSR count). The lowest BCUT2D eigenvalue weighted by atomic mass is 10.2. The summed E-state index contributed by atoms with van der Waals surface area (Å²) in [7, 11) is 1.88. The quantitative estimate of drug-likeness (QED) is 0.598. The van der Waals surface area contributed by atoms with Crippen LogP contribution in [0.3, 0.4) is 0 Å². The fraction of sp³-hybridized carbons (Fsp3) is 0.211. The van der Waals surface area contributed by atoms with Gasteiger partial charge in [0.1, 0.15) is 5.75 Å². The molecule has 6 nitrogen and oxygen atoms in total. The smallest absolute Gasteiger partial charge is 0.234 e. The van der Waals surface area contributed by atoms with E-state index in [1.165, 1.54) is 11.8 Å². The molecule has 2 aromatic carbocycles. The fourth-order valence-electron chi connectivity index (χ4n) is 2.45. The summed E-state index contributed by atoms with van der Waals surface area (Å²) in [6, 6.07) is 14.7. The average Bonchev–Trinajstić information content (AvgIpc) is 3.02. The van der Waals surface area contributed by atoms with Crippen molar-refractivity contribution >= 4 is 35.0 Å². The summed E-state index contributed by atoms with van der Waals surface area (Å²) in [5, 5.41) is 12.5. The third kappa shape index (κ3) is 5.02. The first-order valence-corrected chi connectivity index (χ1v) is 9.74. The molecule has 1 heterocycles. The minimum absolute atomic E-state index is 0.132. The minimum atomic E-state index is -0.132. The average molecular weight is 403 g/mol. The largest absolute Gasteiger partial charge is 0.494 e. The van der Waals surface area contributed by atoms with Crippen molar-refractivity contribution in [3.05, 3.63) is 53.6 Å². The van der Waals surface area contributed by atoms with Gasteiger partial charge < -0.3 is 14.6 Å². The van der Waals surface area contributed by atoms with Crippen molar-refractivity contribution in [1.82, 2.24) is 14.8 Å². The van der Waals surface area contributed by atoms with Crippen LogP contribution in [-0.4, -0.2) is 33.0 Å². The number of benzene rings is 2. The molecule has 0 saturated carbocycles. The molecule has 3 aromatic rings. The van der Waals surface area contributed by atoms with Crippen molar-refractivity contribution in [1.29, 1.82) is 0 Å². The highest BCUT2D eigenvalue weighted by atomic mass is 35.5. The summed E-state index contributed by atoms with van der Waals surface area (Å²) in [4.78, 5) is 12.1. The Hall–Kier alpha value is -2.51. The summed E-state index contributed by atoms with van der Waals surface area (Å²) in [6.45, 7) is 2.57. The molecular formula is C19H19ClN4O2S. The Kier molecular flexibility index (Phi) is 6.36. The van der Waals surface area contributed by atoms with Gasteiger partial charge >= 0.3 is 0 Å². The molecule has 0 spiro atoms. The van der Waals surface area contributed by atoms with Crippen LogP contribution in [-0.2, 0) is 11.8 Å². The number of halogens is 1. The third-order valence-corrected chi connectivity index (χ3v) is 4.95. The number of carbonyl (C=O) groups excluding carboxylic acids is 1. The molecule has 8 heteroatoms. The molecule has 140 valence electrons. The number of anilines is 1. The Labute approximate surface area is 166 Å². The van der Waals surface area contributed by atoms with Gasteiger partial charge in [-0.15, -0.1) is 10.2 Å². The highest BCUT2D eigenvalue weighted by Crippen LogP contribution is 2.24. The van der Waals surface area contributed by atoms with Crippen molar-refractivity contribution in [2.75, 3.05) is 17.7 Å². The van der Waals surface area contributed by atoms with Crippen LogP contribution in [0.15, 0.2) is 53.7 Å². The molecule has 1 amide bonds. The second-order valence-corrected chi connectivity index (χ2v) is 7.05. The van der Waals surface area contributed by atoms with Crippen LogP contribution in [0.2, 0.25) is 5.02 Å². The number of hydrogen-bond donors (Lipinski definition) is 1. The number of nitrogens with one attached hydrogen (secondary N) is 1. The lowest BCUT2D eigenvalue weighted by molar-refractivity contribution is -0.113. The lowest BCUT2D eigenvalue weighted by Gasteiger charge is -2.07. The third-order valence-electron chi connectivity index (χ3n) is 3.70. The van der Waals surface area contributed by atoms with Crippen molar-refractivity contribution in [3.63, 3.8) is 0 Å². The zero-order chi connectivity index (χ0) is 19.2. The van der Waals surface area contributed by atoms with Crippen LogP contribution in [0.4, 0.5) is 5.69 Å². The summed E-state index contributed by atoms with van der Waals surface area (Å²) < 4.78 is 7.32. The van der Waals surface area contributed by atoms with E-state index in [0.29, 0.717) is 22.5 Å². The molecule has 0 aliphatic rings. The van der Waals surface area contributed by atoms with Gasteiger partial charge in [0.15, 0.2) is 11.0 Å². The Morgan fingerprint density at radius 3 is 2.70 bits per heavy atom. The Bertz CT molecular complexity index is 928. The Morgan fingerprint density at radius 2 is 2.00 bits per heavy atom. The maximum absolute atomic E-state index is 12.1. The van der Waals surface area contributed by atoms with Crippen LogP contribution in [0.5, 0.6) is 5.75 Å². The predicted molar refractivity (Wildman–Crippen MR) is 108 cm³/mol. The second kappa shape index (κ2) is 8.92. The van der Waals surface area contributed by atoms with E-state index in [2.05, 4.69) is 15.5 Å². The number of rotatable bonds is 7.